The van der Waals surface area contributed by atoms with Crippen molar-refractivity contribution in [1.29, 1.82) is 0 Å². The molecule has 18 heteroatoms. The molecule has 14 rings (SSSR count). The van der Waals surface area contributed by atoms with Gasteiger partial charge in [-0.15, -0.1) is 90.7 Å². The van der Waals surface area contributed by atoms with Crippen molar-refractivity contribution in [2.24, 2.45) is 0 Å². The Bertz CT molecular complexity index is 4560. The average Bonchev–Trinajstić information content (AvgIpc) is 4.19. The fourth-order valence-electron chi connectivity index (χ4n) is 9.96. The van der Waals surface area contributed by atoms with E-state index in [1.54, 1.807) is 56.7 Å². The summed E-state index contributed by atoms with van der Waals surface area (Å²) in [6.45, 7) is 13.0. The van der Waals surface area contributed by atoms with Crippen LogP contribution in [0.25, 0.3) is 133 Å². The topological polar surface area (TPSA) is 51.6 Å². The summed E-state index contributed by atoms with van der Waals surface area (Å²) in [7, 11) is 0. The SMILES string of the molecule is Cc1cc(Cl)c(-c2ccc(-c3sc(-c4cc5c(C)c6sc(-c7ccc(-c8ccc(-c9ccc(-c%10sc%11c(C)c%12c(Cl)c(C)sc%12c(C)c%11c%10Cl)s9)c9nsnc89)s7)cc6c(C)c5s4)cc3Cl)c3nsnc23)s1. The van der Waals surface area contributed by atoms with Gasteiger partial charge in [0.15, 0.2) is 0 Å². The van der Waals surface area contributed by atoms with Crippen LogP contribution in [0.5, 0.6) is 0 Å². The van der Waals surface area contributed by atoms with Gasteiger partial charge in [0.2, 0.25) is 0 Å². The van der Waals surface area contributed by atoms with E-state index in [-0.39, 0.29) is 0 Å². The van der Waals surface area contributed by atoms with E-state index < -0.39 is 0 Å². The minimum absolute atomic E-state index is 0.717. The van der Waals surface area contributed by atoms with E-state index in [9.17, 15) is 0 Å². The summed E-state index contributed by atoms with van der Waals surface area (Å²) in [5.41, 5.74) is 12.7. The highest BCUT2D eigenvalue weighted by Gasteiger charge is 2.26. The molecule has 0 aliphatic heterocycles. The van der Waals surface area contributed by atoms with Crippen molar-refractivity contribution in [3.8, 4) is 71.0 Å². The molecule has 0 radical (unpaired) electrons. The summed E-state index contributed by atoms with van der Waals surface area (Å²) in [6.07, 6.45) is 0. The summed E-state index contributed by atoms with van der Waals surface area (Å²) in [4.78, 5) is 13.7. The van der Waals surface area contributed by atoms with Crippen LogP contribution in [0.4, 0.5) is 0 Å². The first-order valence-electron chi connectivity index (χ1n) is 22.3. The predicted octanol–water partition coefficient (Wildman–Crippen LogP) is 22.9. The molecule has 0 spiro atoms. The highest BCUT2D eigenvalue weighted by molar-refractivity contribution is 7.30. The van der Waals surface area contributed by atoms with Gasteiger partial charge in [0.05, 0.1) is 58.2 Å². The third-order valence-corrected chi connectivity index (χ3v) is 26.6. The fraction of sp³-hybridized carbons (Fsp3) is 0.111. The standard InChI is InChI=1S/C54H30Cl4N4S10/c1-19-15-31(55)52(63-19)27-9-10-28(47-46(27)61-72-62-47)53-32(56)18-39(69-53)38-17-30-21(3)48-29(20(2)49(30)68-38)16-37(67-48)35-13-11-33(65-35)25-7-8-26(45-44(25)59-71-60-45)34-12-14-36(66-34)54-43(58)41-23(5)50-40(22(4)51(41)70-54)42(57)24(6)64-50/h7-18H,1-6H3. The molecular weight excluding hydrogens is 1170 g/mol. The van der Waals surface area contributed by atoms with Crippen molar-refractivity contribution in [3.63, 3.8) is 0 Å². The van der Waals surface area contributed by atoms with Crippen molar-refractivity contribution >= 4 is 223 Å². The molecule has 10 heterocycles. The molecule has 72 heavy (non-hydrogen) atoms. The first kappa shape index (κ1) is 46.8. The number of aromatic nitrogens is 4. The van der Waals surface area contributed by atoms with Crippen LogP contribution in [0, 0.1) is 41.5 Å². The molecule has 0 fully saturated rings. The Labute approximate surface area is 472 Å². The molecule has 0 aliphatic rings. The minimum atomic E-state index is 0.717. The highest BCUT2D eigenvalue weighted by Crippen LogP contribution is 2.54. The first-order valence-corrected chi connectivity index (χ1v) is 31.9. The Morgan fingerprint density at radius 3 is 1.39 bits per heavy atom. The van der Waals surface area contributed by atoms with Gasteiger partial charge in [-0.25, -0.2) is 0 Å². The van der Waals surface area contributed by atoms with E-state index in [1.165, 1.54) is 94.8 Å². The van der Waals surface area contributed by atoms with Crippen LogP contribution in [0.1, 0.15) is 32.0 Å². The number of thiophene rings is 8. The highest BCUT2D eigenvalue weighted by atomic mass is 35.5. The third-order valence-electron chi connectivity index (χ3n) is 13.5. The maximum atomic E-state index is 7.28. The second-order valence-electron chi connectivity index (χ2n) is 17.7. The van der Waals surface area contributed by atoms with Gasteiger partial charge in [0.1, 0.15) is 22.1 Å². The summed E-state index contributed by atoms with van der Waals surface area (Å²) in [5, 5.41) is 8.02. The molecule has 0 atom stereocenters. The maximum absolute atomic E-state index is 7.28. The molecule has 0 unspecified atom stereocenters. The lowest BCUT2D eigenvalue weighted by molar-refractivity contribution is 1.57. The van der Waals surface area contributed by atoms with E-state index in [2.05, 4.69) is 108 Å². The zero-order valence-electron chi connectivity index (χ0n) is 38.3. The number of fused-ring (bicyclic) bond motifs is 6. The van der Waals surface area contributed by atoms with Gasteiger partial charge in [-0.05, 0) is 123 Å². The molecule has 4 nitrogen and oxygen atoms in total. The lowest BCUT2D eigenvalue weighted by Gasteiger charge is -2.05. The van der Waals surface area contributed by atoms with Gasteiger partial charge in [0.25, 0.3) is 0 Å². The molecule has 4 aromatic carbocycles. The summed E-state index contributed by atoms with van der Waals surface area (Å²) in [5.74, 6) is 0. The number of rotatable bonds is 7. The fourth-order valence-corrected chi connectivity index (χ4v) is 22.1. The second-order valence-corrected chi connectivity index (χ2v) is 29.2. The third kappa shape index (κ3) is 7.05. The van der Waals surface area contributed by atoms with Gasteiger partial charge in [-0.3, -0.25) is 0 Å². The zero-order chi connectivity index (χ0) is 49.2. The van der Waals surface area contributed by atoms with Gasteiger partial charge in [0, 0.05) is 95.7 Å². The van der Waals surface area contributed by atoms with Crippen LogP contribution in [-0.4, -0.2) is 17.5 Å². The maximum Gasteiger partial charge on any atom is 0.114 e. The molecular formula is C54H30Cl4N4S10. The summed E-state index contributed by atoms with van der Waals surface area (Å²) in [6, 6.07) is 26.4. The summed E-state index contributed by atoms with van der Waals surface area (Å²) >= 11 is 44.5. The predicted molar refractivity (Wildman–Crippen MR) is 328 cm³/mol. The van der Waals surface area contributed by atoms with E-state index in [1.807, 2.05) is 40.1 Å². The molecule has 0 saturated carbocycles. The number of halogens is 4. The van der Waals surface area contributed by atoms with Crippen molar-refractivity contribution in [2.75, 3.05) is 0 Å². The second kappa shape index (κ2) is 17.4. The number of aryl methyl sites for hydroxylation is 6. The molecule has 0 saturated heterocycles. The van der Waals surface area contributed by atoms with Crippen molar-refractivity contribution in [2.45, 2.75) is 41.5 Å². The molecule has 14 aromatic rings. The number of hydrogen-bond donors (Lipinski definition) is 0. The Kier molecular flexibility index (Phi) is 11.3. The number of benzene rings is 4. The molecule has 354 valence electrons. The van der Waals surface area contributed by atoms with Gasteiger partial charge in [-0.2, -0.15) is 17.5 Å². The molecule has 0 N–H and O–H groups in total. The zero-order valence-corrected chi connectivity index (χ0v) is 49.5. The normalized spacial score (nSPS) is 12.3. The Hall–Kier alpha value is -3.68. The van der Waals surface area contributed by atoms with E-state index in [0.29, 0.717) is 5.02 Å². The molecule has 0 aliphatic carbocycles. The molecule has 0 amide bonds. The minimum Gasteiger partial charge on any atom is -0.172 e. The molecule has 10 aromatic heterocycles. The van der Waals surface area contributed by atoms with E-state index in [0.717, 1.165) is 109 Å². The van der Waals surface area contributed by atoms with E-state index >= 15 is 0 Å². The van der Waals surface area contributed by atoms with Crippen LogP contribution in [0.2, 0.25) is 20.1 Å². The van der Waals surface area contributed by atoms with Crippen LogP contribution in [0.15, 0.2) is 72.8 Å². The van der Waals surface area contributed by atoms with Gasteiger partial charge >= 0.3 is 0 Å². The lowest BCUT2D eigenvalue weighted by Crippen LogP contribution is -1.83. The number of hydrogen-bond acceptors (Lipinski definition) is 14. The smallest absolute Gasteiger partial charge is 0.114 e. The van der Waals surface area contributed by atoms with E-state index in [4.69, 9.17) is 63.9 Å². The number of nitrogens with zero attached hydrogens (tertiary/aromatic N) is 4. The Balaban J connectivity index is 0.762. The Morgan fingerprint density at radius 1 is 0.347 bits per heavy atom. The Morgan fingerprint density at radius 2 is 0.806 bits per heavy atom. The van der Waals surface area contributed by atoms with Crippen molar-refractivity contribution in [3.05, 3.63) is 125 Å². The van der Waals surface area contributed by atoms with Crippen LogP contribution in [-0.2, 0) is 0 Å². The van der Waals surface area contributed by atoms with Gasteiger partial charge < -0.3 is 0 Å². The van der Waals surface area contributed by atoms with Crippen LogP contribution in [0.3, 0.4) is 0 Å². The lowest BCUT2D eigenvalue weighted by atomic mass is 10.0. The van der Waals surface area contributed by atoms with Crippen molar-refractivity contribution in [1.82, 2.24) is 17.5 Å². The monoisotopic (exact) mass is 1190 g/mol. The van der Waals surface area contributed by atoms with Crippen LogP contribution < -0.4 is 0 Å². The summed E-state index contributed by atoms with van der Waals surface area (Å²) < 4.78 is 24.3. The first-order chi connectivity index (χ1) is 34.8. The quantitative estimate of drug-likeness (QED) is 0.160. The largest absolute Gasteiger partial charge is 0.172 e. The van der Waals surface area contributed by atoms with Gasteiger partial charge in [-0.1, -0.05) is 70.7 Å². The van der Waals surface area contributed by atoms with Crippen molar-refractivity contribution < 1.29 is 0 Å². The molecule has 0 bridgehead atoms. The average molecular weight is 1200 g/mol. The van der Waals surface area contributed by atoms with Crippen LogP contribution >= 0.6 is 161 Å².